The van der Waals surface area contributed by atoms with Crippen molar-refractivity contribution in [1.29, 1.82) is 0 Å². The Hall–Kier alpha value is -2.04. The van der Waals surface area contributed by atoms with Crippen molar-refractivity contribution < 1.29 is 14.3 Å². The second-order valence-corrected chi connectivity index (χ2v) is 18.9. The van der Waals surface area contributed by atoms with Crippen molar-refractivity contribution in [2.45, 2.75) is 290 Å². The second kappa shape index (κ2) is 46.0. The summed E-state index contributed by atoms with van der Waals surface area (Å²) in [5.41, 5.74) is 1.11. The van der Waals surface area contributed by atoms with Gasteiger partial charge in [0.2, 0.25) is 0 Å². The summed E-state index contributed by atoms with van der Waals surface area (Å²) in [6, 6.07) is 5.38. The van der Waals surface area contributed by atoms with Crippen LogP contribution >= 0.6 is 0 Å². The van der Waals surface area contributed by atoms with Crippen LogP contribution in [0.1, 0.15) is 311 Å². The number of carbonyl (C=O) groups excluding carboxylic acids is 2. The summed E-state index contributed by atoms with van der Waals surface area (Å²) < 4.78 is 6.28. The first-order valence-electron chi connectivity index (χ1n) is 27.5. The molecule has 0 saturated carbocycles. The largest absolute Gasteiger partial charge is 0.493 e. The zero-order valence-corrected chi connectivity index (χ0v) is 41.3. The van der Waals surface area contributed by atoms with E-state index in [0.717, 1.165) is 38.5 Å². The summed E-state index contributed by atoms with van der Waals surface area (Å²) in [6.45, 7) is 8.79. The molecule has 2 amide bonds. The summed E-state index contributed by atoms with van der Waals surface area (Å²) in [4.78, 5) is 26.6. The number of hydrogen-bond donors (Lipinski definition) is 2. The lowest BCUT2D eigenvalue weighted by molar-refractivity contribution is 0.0937. The number of carbonyl (C=O) groups is 2. The standard InChI is InChI=1S/C56H104N2O3/c1-4-7-10-13-16-19-22-25-26-27-30-33-36-39-42-45-50-61-54-51-52(55(59)57-48-43-40-37-34-31-28-23-20-17-14-11-8-5-2)46-47-53(54)56(60)58-49-44-41-38-35-32-29-24-21-18-15-12-9-6-3/h46-47,51H,4-45,48-50H2,1-3H3,(H,57,59)(H,58,60). The minimum Gasteiger partial charge on any atom is -0.493 e. The number of ether oxygens (including phenoxy) is 1. The van der Waals surface area contributed by atoms with Gasteiger partial charge in [-0.3, -0.25) is 9.59 Å². The van der Waals surface area contributed by atoms with Crippen molar-refractivity contribution >= 4 is 11.8 Å². The van der Waals surface area contributed by atoms with Gasteiger partial charge in [-0.05, 0) is 37.5 Å². The van der Waals surface area contributed by atoms with Crippen LogP contribution in [-0.4, -0.2) is 31.5 Å². The lowest BCUT2D eigenvalue weighted by atomic mass is 10.0. The molecule has 0 aliphatic heterocycles. The molecule has 356 valence electrons. The van der Waals surface area contributed by atoms with Crippen molar-refractivity contribution in [1.82, 2.24) is 10.6 Å². The van der Waals surface area contributed by atoms with Gasteiger partial charge in [0.1, 0.15) is 5.75 Å². The molecule has 0 fully saturated rings. The van der Waals surface area contributed by atoms with Gasteiger partial charge in [-0.15, -0.1) is 0 Å². The van der Waals surface area contributed by atoms with Crippen molar-refractivity contribution in [3.8, 4) is 5.75 Å². The molecule has 0 spiro atoms. The number of unbranched alkanes of at least 4 members (excludes halogenated alkanes) is 39. The molecule has 0 saturated heterocycles. The van der Waals surface area contributed by atoms with Crippen LogP contribution in [-0.2, 0) is 0 Å². The van der Waals surface area contributed by atoms with Crippen LogP contribution in [0, 0.1) is 0 Å². The van der Waals surface area contributed by atoms with Gasteiger partial charge < -0.3 is 15.4 Å². The highest BCUT2D eigenvalue weighted by molar-refractivity contribution is 6.00. The predicted octanol–water partition coefficient (Wildman–Crippen LogP) is 18.0. The van der Waals surface area contributed by atoms with E-state index in [0.29, 0.717) is 36.6 Å². The van der Waals surface area contributed by atoms with Crippen LogP contribution in [0.2, 0.25) is 0 Å². The molecule has 0 aromatic heterocycles. The quantitative estimate of drug-likeness (QED) is 0.0642. The van der Waals surface area contributed by atoms with E-state index < -0.39 is 0 Å². The van der Waals surface area contributed by atoms with E-state index in [2.05, 4.69) is 31.4 Å². The molecule has 0 bridgehead atoms. The molecular weight excluding hydrogens is 749 g/mol. The third kappa shape index (κ3) is 37.1. The smallest absolute Gasteiger partial charge is 0.255 e. The van der Waals surface area contributed by atoms with E-state index in [1.165, 1.54) is 231 Å². The number of hydrogen-bond acceptors (Lipinski definition) is 3. The van der Waals surface area contributed by atoms with Crippen LogP contribution in [0.5, 0.6) is 5.75 Å². The summed E-state index contributed by atoms with van der Waals surface area (Å²) in [7, 11) is 0. The molecule has 0 heterocycles. The van der Waals surface area contributed by atoms with Gasteiger partial charge in [0.05, 0.1) is 12.2 Å². The summed E-state index contributed by atoms with van der Waals surface area (Å²) in [6.07, 6.45) is 55.6. The summed E-state index contributed by atoms with van der Waals surface area (Å²) in [5, 5.41) is 6.28. The molecule has 1 aromatic carbocycles. The topological polar surface area (TPSA) is 67.4 Å². The van der Waals surface area contributed by atoms with Crippen LogP contribution < -0.4 is 15.4 Å². The minimum absolute atomic E-state index is 0.0786. The predicted molar refractivity (Wildman–Crippen MR) is 268 cm³/mol. The average molecular weight is 853 g/mol. The molecule has 1 rings (SSSR count). The maximum Gasteiger partial charge on any atom is 0.255 e. The van der Waals surface area contributed by atoms with Gasteiger partial charge in [-0.1, -0.05) is 271 Å². The third-order valence-electron chi connectivity index (χ3n) is 12.9. The van der Waals surface area contributed by atoms with Crippen LogP contribution in [0.25, 0.3) is 0 Å². The highest BCUT2D eigenvalue weighted by Crippen LogP contribution is 2.23. The monoisotopic (exact) mass is 853 g/mol. The molecule has 61 heavy (non-hydrogen) atoms. The molecule has 0 unspecified atom stereocenters. The Bertz CT molecular complexity index is 1090. The molecule has 0 atom stereocenters. The van der Waals surface area contributed by atoms with E-state index in [4.69, 9.17) is 4.74 Å². The normalized spacial score (nSPS) is 11.3. The Labute approximate surface area is 380 Å². The summed E-state index contributed by atoms with van der Waals surface area (Å²) in [5.74, 6) is 0.363. The van der Waals surface area contributed by atoms with Gasteiger partial charge in [-0.25, -0.2) is 0 Å². The van der Waals surface area contributed by atoms with Crippen molar-refractivity contribution in [3.63, 3.8) is 0 Å². The van der Waals surface area contributed by atoms with E-state index in [1.807, 2.05) is 0 Å². The number of amides is 2. The molecule has 2 N–H and O–H groups in total. The van der Waals surface area contributed by atoms with E-state index in [1.54, 1.807) is 18.2 Å². The molecule has 0 aliphatic rings. The van der Waals surface area contributed by atoms with E-state index in [-0.39, 0.29) is 11.8 Å². The number of nitrogens with one attached hydrogen (secondary N) is 2. The highest BCUT2D eigenvalue weighted by atomic mass is 16.5. The minimum atomic E-state index is -0.0974. The zero-order valence-electron chi connectivity index (χ0n) is 41.3. The van der Waals surface area contributed by atoms with Crippen molar-refractivity contribution in [2.24, 2.45) is 0 Å². The second-order valence-electron chi connectivity index (χ2n) is 18.9. The number of rotatable bonds is 48. The van der Waals surface area contributed by atoms with Gasteiger partial charge in [0, 0.05) is 18.7 Å². The summed E-state index contributed by atoms with van der Waals surface area (Å²) >= 11 is 0. The van der Waals surface area contributed by atoms with Crippen LogP contribution in [0.15, 0.2) is 18.2 Å². The lowest BCUT2D eigenvalue weighted by Gasteiger charge is -2.14. The van der Waals surface area contributed by atoms with E-state index >= 15 is 0 Å². The fourth-order valence-corrected chi connectivity index (χ4v) is 8.69. The first-order chi connectivity index (χ1) is 30.1. The Morgan fingerprint density at radius 2 is 0.639 bits per heavy atom. The molecule has 1 aromatic rings. The molecular formula is C56H104N2O3. The van der Waals surface area contributed by atoms with Crippen molar-refractivity contribution in [2.75, 3.05) is 19.7 Å². The number of benzene rings is 1. The Balaban J connectivity index is 2.40. The third-order valence-corrected chi connectivity index (χ3v) is 12.9. The average Bonchev–Trinajstić information content (AvgIpc) is 3.27. The fraction of sp³-hybridized carbons (Fsp3) is 0.857. The molecule has 0 aliphatic carbocycles. The Kier molecular flexibility index (Phi) is 42.9. The van der Waals surface area contributed by atoms with Crippen LogP contribution in [0.4, 0.5) is 0 Å². The Morgan fingerprint density at radius 1 is 0.361 bits per heavy atom. The molecule has 0 radical (unpaired) electrons. The first kappa shape index (κ1) is 57.0. The van der Waals surface area contributed by atoms with Gasteiger partial charge in [0.15, 0.2) is 0 Å². The van der Waals surface area contributed by atoms with Crippen LogP contribution in [0.3, 0.4) is 0 Å². The zero-order chi connectivity index (χ0) is 43.9. The highest BCUT2D eigenvalue weighted by Gasteiger charge is 2.16. The SMILES string of the molecule is CCCCCCCCCCCCCCCCCCOc1cc(C(=O)NCCCCCCCCCCCCCCC)ccc1C(=O)NCCCCCCCCCCCCCCC. The Morgan fingerprint density at radius 3 is 0.967 bits per heavy atom. The lowest BCUT2D eigenvalue weighted by Crippen LogP contribution is -2.26. The van der Waals surface area contributed by atoms with Gasteiger partial charge >= 0.3 is 0 Å². The van der Waals surface area contributed by atoms with Crippen molar-refractivity contribution in [3.05, 3.63) is 29.3 Å². The maximum atomic E-state index is 13.4. The molecule has 5 nitrogen and oxygen atoms in total. The first-order valence-corrected chi connectivity index (χ1v) is 27.5. The van der Waals surface area contributed by atoms with Gasteiger partial charge in [0.25, 0.3) is 11.8 Å². The van der Waals surface area contributed by atoms with E-state index in [9.17, 15) is 9.59 Å². The van der Waals surface area contributed by atoms with Gasteiger partial charge in [-0.2, -0.15) is 0 Å². The molecule has 5 heteroatoms. The maximum absolute atomic E-state index is 13.4. The fourth-order valence-electron chi connectivity index (χ4n) is 8.69.